The topological polar surface area (TPSA) is 115 Å². The number of nitrogens with zero attached hydrogens (tertiary/aromatic N) is 3. The molecule has 0 atom stereocenters. The first-order chi connectivity index (χ1) is 16.8. The van der Waals surface area contributed by atoms with Gasteiger partial charge in [-0.3, -0.25) is 4.79 Å². The Bertz CT molecular complexity index is 1420. The molecule has 14 heteroatoms. The molecule has 2 aromatic carbocycles. The van der Waals surface area contributed by atoms with Crippen molar-refractivity contribution >= 4 is 55.3 Å². The fourth-order valence-corrected chi connectivity index (χ4v) is 4.05. The average Bonchev–Trinajstić information content (AvgIpc) is 2.76. The van der Waals surface area contributed by atoms with Gasteiger partial charge in [-0.1, -0.05) is 11.6 Å². The van der Waals surface area contributed by atoms with Gasteiger partial charge >= 0.3 is 6.18 Å². The van der Waals surface area contributed by atoms with Crippen molar-refractivity contribution in [3.8, 4) is 11.5 Å². The maximum absolute atomic E-state index is 12.3. The largest absolute Gasteiger partial charge is 0.494 e. The highest BCUT2D eigenvalue weighted by atomic mass is 35.5. The van der Waals surface area contributed by atoms with E-state index in [1.807, 2.05) is 0 Å². The molecule has 0 spiro atoms. The number of aryl methyl sites for hydroxylation is 1. The molecule has 2 N–H and O–H groups in total. The normalized spacial score (nSPS) is 11.8. The molecule has 1 amide bonds. The standard InChI is InChI=1S/C22H23ClF3N5O4S/c1-12-19-15(8-16(20(12)34-2)31-36(3,4)33)28-11-29-21(19)30-14-6-5-13(23)7-17(14)35-9-18(32)27-10-22(24,25)26/h5-8,11H,9-10H2,1-4H3,(H,27,32)(H,28,29,30). The first kappa shape index (κ1) is 27.3. The van der Waals surface area contributed by atoms with Crippen LogP contribution in [0.3, 0.4) is 0 Å². The number of fused-ring (bicyclic) bond motifs is 1. The number of nitrogens with one attached hydrogen (secondary N) is 2. The summed E-state index contributed by atoms with van der Waals surface area (Å²) in [5.74, 6) is -0.0918. The molecule has 0 aliphatic rings. The number of aromatic nitrogens is 2. The van der Waals surface area contributed by atoms with Crippen LogP contribution >= 0.6 is 11.6 Å². The van der Waals surface area contributed by atoms with E-state index in [9.17, 15) is 22.2 Å². The Morgan fingerprint density at radius 3 is 2.58 bits per heavy atom. The first-order valence-electron chi connectivity index (χ1n) is 10.3. The molecule has 9 nitrogen and oxygen atoms in total. The zero-order valence-corrected chi connectivity index (χ0v) is 21.3. The molecule has 0 aliphatic carbocycles. The van der Waals surface area contributed by atoms with E-state index in [1.54, 1.807) is 30.4 Å². The maximum atomic E-state index is 12.3. The summed E-state index contributed by atoms with van der Waals surface area (Å²) in [6.07, 6.45) is -0.214. The number of halogens is 4. The van der Waals surface area contributed by atoms with Crippen LogP contribution in [-0.4, -0.2) is 59.0 Å². The summed E-state index contributed by atoms with van der Waals surface area (Å²) in [7, 11) is -1.01. The summed E-state index contributed by atoms with van der Waals surface area (Å²) in [4.78, 5) is 20.4. The highest BCUT2D eigenvalue weighted by Gasteiger charge is 2.27. The highest BCUT2D eigenvalue weighted by Crippen LogP contribution is 2.40. The van der Waals surface area contributed by atoms with Crippen molar-refractivity contribution in [2.75, 3.05) is 38.1 Å². The summed E-state index contributed by atoms with van der Waals surface area (Å²) in [5.41, 5.74) is 1.85. The zero-order valence-electron chi connectivity index (χ0n) is 19.7. The van der Waals surface area contributed by atoms with Crippen LogP contribution in [0, 0.1) is 6.92 Å². The average molecular weight is 546 g/mol. The van der Waals surface area contributed by atoms with Crippen LogP contribution in [0.5, 0.6) is 11.5 Å². The second-order valence-electron chi connectivity index (χ2n) is 7.89. The molecule has 36 heavy (non-hydrogen) atoms. The van der Waals surface area contributed by atoms with Crippen molar-refractivity contribution in [3.05, 3.63) is 41.2 Å². The number of hydrogen-bond acceptors (Lipinski definition) is 8. The fourth-order valence-electron chi connectivity index (χ4n) is 3.28. The van der Waals surface area contributed by atoms with Crippen molar-refractivity contribution in [3.63, 3.8) is 0 Å². The highest BCUT2D eigenvalue weighted by molar-refractivity contribution is 7.92. The van der Waals surface area contributed by atoms with Gasteiger partial charge in [0.25, 0.3) is 5.91 Å². The van der Waals surface area contributed by atoms with Crippen LogP contribution in [0.2, 0.25) is 5.02 Å². The van der Waals surface area contributed by atoms with Crippen molar-refractivity contribution in [1.82, 2.24) is 15.3 Å². The lowest BCUT2D eigenvalue weighted by Gasteiger charge is -2.17. The predicted octanol–water partition coefficient (Wildman–Crippen LogP) is 4.76. The molecule has 1 heterocycles. The van der Waals surface area contributed by atoms with Gasteiger partial charge in [-0.2, -0.15) is 17.5 Å². The number of amides is 1. The van der Waals surface area contributed by atoms with E-state index in [2.05, 4.69) is 19.6 Å². The van der Waals surface area contributed by atoms with E-state index in [-0.39, 0.29) is 10.8 Å². The van der Waals surface area contributed by atoms with Gasteiger partial charge in [0.15, 0.2) is 6.61 Å². The Labute approximate surface area is 210 Å². The third-order valence-electron chi connectivity index (χ3n) is 4.66. The van der Waals surface area contributed by atoms with E-state index in [0.29, 0.717) is 39.4 Å². The molecular formula is C22H23ClF3N5O4S. The molecule has 3 rings (SSSR count). The third kappa shape index (κ3) is 7.10. The van der Waals surface area contributed by atoms with Gasteiger partial charge in [0, 0.05) is 44.3 Å². The Kier molecular flexibility index (Phi) is 8.14. The molecule has 0 unspecified atom stereocenters. The molecule has 0 radical (unpaired) electrons. The fraction of sp³-hybridized carbons (Fsp3) is 0.318. The van der Waals surface area contributed by atoms with Crippen LogP contribution in [0.4, 0.5) is 30.4 Å². The Morgan fingerprint density at radius 2 is 1.94 bits per heavy atom. The van der Waals surface area contributed by atoms with Crippen LogP contribution < -0.4 is 20.1 Å². The molecule has 0 fully saturated rings. The number of carbonyl (C=O) groups excluding carboxylic acids is 1. The number of ether oxygens (including phenoxy) is 2. The van der Waals surface area contributed by atoms with Gasteiger partial charge in [0.1, 0.15) is 35.9 Å². The minimum absolute atomic E-state index is 0.115. The molecule has 0 saturated carbocycles. The molecule has 194 valence electrons. The lowest BCUT2D eigenvalue weighted by molar-refractivity contribution is -0.139. The molecule has 1 aromatic heterocycles. The molecular weight excluding hydrogens is 523 g/mol. The predicted molar refractivity (Wildman–Crippen MR) is 132 cm³/mol. The minimum atomic E-state index is -4.54. The molecule has 3 aromatic rings. The number of benzene rings is 2. The molecule has 0 bridgehead atoms. The summed E-state index contributed by atoms with van der Waals surface area (Å²) in [6, 6.07) is 6.17. The number of hydrogen-bond donors (Lipinski definition) is 2. The minimum Gasteiger partial charge on any atom is -0.494 e. The van der Waals surface area contributed by atoms with E-state index < -0.39 is 35.0 Å². The Morgan fingerprint density at radius 1 is 1.22 bits per heavy atom. The SMILES string of the molecule is COc1c(N=S(C)(C)=O)cc2ncnc(Nc3ccc(Cl)cc3OCC(=O)NCC(F)(F)F)c2c1C. The monoisotopic (exact) mass is 545 g/mol. The van der Waals surface area contributed by atoms with Crippen molar-refractivity contribution in [1.29, 1.82) is 0 Å². The van der Waals surface area contributed by atoms with Gasteiger partial charge in [0.2, 0.25) is 0 Å². The quantitative estimate of drug-likeness (QED) is 0.419. The molecule has 0 aliphatic heterocycles. The summed E-state index contributed by atoms with van der Waals surface area (Å²) in [6.45, 7) is -0.365. The number of anilines is 2. The van der Waals surface area contributed by atoms with Crippen LogP contribution in [0.15, 0.2) is 35.0 Å². The van der Waals surface area contributed by atoms with Gasteiger partial charge in [-0.25, -0.2) is 14.2 Å². The Balaban J connectivity index is 1.97. The van der Waals surface area contributed by atoms with E-state index >= 15 is 0 Å². The smallest absolute Gasteiger partial charge is 0.405 e. The summed E-state index contributed by atoms with van der Waals surface area (Å²) in [5, 5.41) is 5.69. The second-order valence-corrected chi connectivity index (χ2v) is 10.9. The van der Waals surface area contributed by atoms with Crippen molar-refractivity contribution in [2.45, 2.75) is 13.1 Å². The number of alkyl halides is 3. The van der Waals surface area contributed by atoms with Crippen LogP contribution in [0.25, 0.3) is 10.9 Å². The van der Waals surface area contributed by atoms with Gasteiger partial charge in [-0.05, 0) is 25.1 Å². The lowest BCUT2D eigenvalue weighted by Crippen LogP contribution is -2.36. The van der Waals surface area contributed by atoms with Crippen molar-refractivity contribution < 1.29 is 31.6 Å². The lowest BCUT2D eigenvalue weighted by atomic mass is 10.1. The molecule has 0 saturated heterocycles. The van der Waals surface area contributed by atoms with E-state index in [1.165, 1.54) is 32.0 Å². The number of rotatable bonds is 8. The van der Waals surface area contributed by atoms with Crippen LogP contribution in [-0.2, 0) is 14.5 Å². The Hall–Kier alpha value is -3.32. The van der Waals surface area contributed by atoms with Crippen molar-refractivity contribution in [2.24, 2.45) is 4.36 Å². The maximum Gasteiger partial charge on any atom is 0.405 e. The van der Waals surface area contributed by atoms with Crippen LogP contribution in [0.1, 0.15) is 5.56 Å². The van der Waals surface area contributed by atoms with Gasteiger partial charge in [-0.15, -0.1) is 0 Å². The first-order valence-corrected chi connectivity index (χ1v) is 13.0. The van der Waals surface area contributed by atoms with Gasteiger partial charge in [0.05, 0.1) is 18.3 Å². The number of carbonyl (C=O) groups is 1. The summed E-state index contributed by atoms with van der Waals surface area (Å²) < 4.78 is 64.5. The number of methoxy groups -OCH3 is 1. The second kappa shape index (κ2) is 10.7. The van der Waals surface area contributed by atoms with E-state index in [0.717, 1.165) is 0 Å². The zero-order chi connectivity index (χ0) is 26.7. The summed E-state index contributed by atoms with van der Waals surface area (Å²) >= 11 is 6.05. The van der Waals surface area contributed by atoms with Gasteiger partial charge < -0.3 is 20.1 Å². The third-order valence-corrected chi connectivity index (χ3v) is 5.53. The van der Waals surface area contributed by atoms with E-state index in [4.69, 9.17) is 21.1 Å².